The third kappa shape index (κ3) is 3.92. The first-order valence-corrected chi connectivity index (χ1v) is 9.10. The summed E-state index contributed by atoms with van der Waals surface area (Å²) in [6.45, 7) is 0. The lowest BCUT2D eigenvalue weighted by Gasteiger charge is -2.08. The zero-order valence-electron chi connectivity index (χ0n) is 12.4. The number of nitrogens with one attached hydrogen (secondary N) is 2. The Morgan fingerprint density at radius 1 is 1.12 bits per heavy atom. The highest BCUT2D eigenvalue weighted by Gasteiger charge is 2.28. The molecule has 0 bridgehead atoms. The fourth-order valence-corrected chi connectivity index (χ4v) is 3.54. The molecular formula is C16H14ClFN2O3S. The molecule has 0 saturated heterocycles. The van der Waals surface area contributed by atoms with Gasteiger partial charge in [0.2, 0.25) is 10.0 Å². The van der Waals surface area contributed by atoms with Crippen molar-refractivity contribution in [3.8, 4) is 0 Å². The Hall–Kier alpha value is -1.96. The Morgan fingerprint density at radius 3 is 2.42 bits per heavy atom. The summed E-state index contributed by atoms with van der Waals surface area (Å²) in [6, 6.07) is 9.26. The van der Waals surface area contributed by atoms with Gasteiger partial charge < -0.3 is 5.32 Å². The monoisotopic (exact) mass is 368 g/mol. The van der Waals surface area contributed by atoms with Crippen LogP contribution in [-0.4, -0.2) is 20.4 Å². The fourth-order valence-electron chi connectivity index (χ4n) is 2.06. The third-order valence-corrected chi connectivity index (χ3v) is 5.27. The van der Waals surface area contributed by atoms with Crippen LogP contribution >= 0.6 is 11.6 Å². The van der Waals surface area contributed by atoms with Crippen LogP contribution in [0.3, 0.4) is 0 Å². The standard InChI is InChI=1S/C16H14ClFN2O3S/c17-11-3-8-14(18)15(9-11)19-16(21)10-1-6-13(7-2-10)24(22,23)20-12-4-5-12/h1-3,6-9,12,20H,4-5H2,(H,19,21). The van der Waals surface area contributed by atoms with Crippen molar-refractivity contribution in [3.05, 3.63) is 58.9 Å². The number of carbonyl (C=O) groups is 1. The molecule has 0 atom stereocenters. The number of hydrogen-bond donors (Lipinski definition) is 2. The van der Waals surface area contributed by atoms with Crippen LogP contribution in [0.5, 0.6) is 0 Å². The van der Waals surface area contributed by atoms with Crippen molar-refractivity contribution >= 4 is 33.2 Å². The summed E-state index contributed by atoms with van der Waals surface area (Å²) in [7, 11) is -3.57. The van der Waals surface area contributed by atoms with Gasteiger partial charge >= 0.3 is 0 Å². The van der Waals surface area contributed by atoms with Crippen LogP contribution in [0.15, 0.2) is 47.4 Å². The maximum atomic E-state index is 13.6. The van der Waals surface area contributed by atoms with Gasteiger partial charge in [-0.2, -0.15) is 0 Å². The van der Waals surface area contributed by atoms with Gasteiger partial charge in [0.05, 0.1) is 10.6 Å². The van der Waals surface area contributed by atoms with E-state index in [0.717, 1.165) is 18.9 Å². The zero-order valence-corrected chi connectivity index (χ0v) is 14.0. The molecule has 1 fully saturated rings. The molecule has 0 spiro atoms. The second-order valence-electron chi connectivity index (χ2n) is 5.50. The van der Waals surface area contributed by atoms with Crippen LogP contribution in [0.2, 0.25) is 5.02 Å². The molecule has 126 valence electrons. The van der Waals surface area contributed by atoms with Gasteiger partial charge in [-0.3, -0.25) is 4.79 Å². The van der Waals surface area contributed by atoms with Crippen molar-refractivity contribution in [2.45, 2.75) is 23.8 Å². The second-order valence-corrected chi connectivity index (χ2v) is 7.65. The van der Waals surface area contributed by atoms with E-state index in [4.69, 9.17) is 11.6 Å². The summed E-state index contributed by atoms with van der Waals surface area (Å²) in [5.41, 5.74) is 0.166. The molecule has 8 heteroatoms. The number of amides is 1. The predicted molar refractivity (Wildman–Crippen MR) is 89.1 cm³/mol. The molecular weight excluding hydrogens is 355 g/mol. The summed E-state index contributed by atoms with van der Waals surface area (Å²) in [5.74, 6) is -1.17. The molecule has 1 aliphatic rings. The molecule has 2 aromatic rings. The number of rotatable bonds is 5. The molecule has 1 saturated carbocycles. The largest absolute Gasteiger partial charge is 0.319 e. The zero-order chi connectivity index (χ0) is 17.3. The van der Waals surface area contributed by atoms with Crippen molar-refractivity contribution in [3.63, 3.8) is 0 Å². The average Bonchev–Trinajstić information content (AvgIpc) is 3.34. The van der Waals surface area contributed by atoms with Gasteiger partial charge in [0.25, 0.3) is 5.91 Å². The van der Waals surface area contributed by atoms with E-state index in [2.05, 4.69) is 10.0 Å². The normalized spacial score (nSPS) is 14.4. The number of carbonyl (C=O) groups excluding carboxylic acids is 1. The number of anilines is 1. The predicted octanol–water partition coefficient (Wildman–Crippen LogP) is 3.17. The van der Waals surface area contributed by atoms with Crippen molar-refractivity contribution < 1.29 is 17.6 Å². The van der Waals surface area contributed by atoms with Crippen LogP contribution in [0.25, 0.3) is 0 Å². The number of hydrogen-bond acceptors (Lipinski definition) is 3. The van der Waals surface area contributed by atoms with Crippen LogP contribution in [0, 0.1) is 5.82 Å². The first-order valence-electron chi connectivity index (χ1n) is 7.24. The van der Waals surface area contributed by atoms with Crippen LogP contribution in [0.4, 0.5) is 10.1 Å². The molecule has 0 aliphatic heterocycles. The highest BCUT2D eigenvalue weighted by molar-refractivity contribution is 7.89. The summed E-state index contributed by atoms with van der Waals surface area (Å²) >= 11 is 5.77. The number of benzene rings is 2. The molecule has 0 radical (unpaired) electrons. The Bertz CT molecular complexity index is 881. The van der Waals surface area contributed by atoms with E-state index >= 15 is 0 Å². The van der Waals surface area contributed by atoms with Gasteiger partial charge in [0.1, 0.15) is 5.82 Å². The Morgan fingerprint density at radius 2 is 1.79 bits per heavy atom. The summed E-state index contributed by atoms with van der Waals surface area (Å²) in [6.07, 6.45) is 1.68. The maximum Gasteiger partial charge on any atom is 0.255 e. The van der Waals surface area contributed by atoms with E-state index in [0.29, 0.717) is 5.02 Å². The molecule has 0 heterocycles. The van der Waals surface area contributed by atoms with Crippen LogP contribution in [-0.2, 0) is 10.0 Å². The van der Waals surface area contributed by atoms with Crippen molar-refractivity contribution in [2.75, 3.05) is 5.32 Å². The molecule has 3 rings (SSSR count). The molecule has 1 amide bonds. The molecule has 0 aromatic heterocycles. The van der Waals surface area contributed by atoms with E-state index in [1.165, 1.54) is 36.4 Å². The molecule has 24 heavy (non-hydrogen) atoms. The van der Waals surface area contributed by atoms with Gasteiger partial charge in [-0.15, -0.1) is 0 Å². The number of sulfonamides is 1. The smallest absolute Gasteiger partial charge is 0.255 e. The molecule has 2 N–H and O–H groups in total. The lowest BCUT2D eigenvalue weighted by Crippen LogP contribution is -2.25. The van der Waals surface area contributed by atoms with Crippen LogP contribution < -0.4 is 10.0 Å². The third-order valence-electron chi connectivity index (χ3n) is 3.50. The fraction of sp³-hybridized carbons (Fsp3) is 0.188. The topological polar surface area (TPSA) is 75.3 Å². The van der Waals surface area contributed by atoms with Crippen molar-refractivity contribution in [2.24, 2.45) is 0 Å². The van der Waals surface area contributed by atoms with Crippen LogP contribution in [0.1, 0.15) is 23.2 Å². The Balaban J connectivity index is 1.75. The minimum absolute atomic E-state index is 0.00350. The summed E-state index contributed by atoms with van der Waals surface area (Å²) in [4.78, 5) is 12.2. The first-order chi connectivity index (χ1) is 11.3. The van der Waals surface area contributed by atoms with Gasteiger partial charge in [-0.05, 0) is 55.3 Å². The van der Waals surface area contributed by atoms with Gasteiger partial charge in [0.15, 0.2) is 0 Å². The van der Waals surface area contributed by atoms with Gasteiger partial charge in [0, 0.05) is 16.6 Å². The van der Waals surface area contributed by atoms with E-state index in [9.17, 15) is 17.6 Å². The van der Waals surface area contributed by atoms with Crippen molar-refractivity contribution in [1.82, 2.24) is 4.72 Å². The van der Waals surface area contributed by atoms with E-state index in [1.54, 1.807) is 0 Å². The van der Waals surface area contributed by atoms with E-state index < -0.39 is 21.7 Å². The highest BCUT2D eigenvalue weighted by atomic mass is 35.5. The lowest BCUT2D eigenvalue weighted by atomic mass is 10.2. The molecule has 1 aliphatic carbocycles. The van der Waals surface area contributed by atoms with Crippen molar-refractivity contribution in [1.29, 1.82) is 0 Å². The summed E-state index contributed by atoms with van der Waals surface area (Å²) < 4.78 is 40.3. The maximum absolute atomic E-state index is 13.6. The van der Waals surface area contributed by atoms with E-state index in [1.807, 2.05) is 0 Å². The number of halogens is 2. The first kappa shape index (κ1) is 16.9. The SMILES string of the molecule is O=C(Nc1cc(Cl)ccc1F)c1ccc(S(=O)(=O)NC2CC2)cc1. The van der Waals surface area contributed by atoms with Gasteiger partial charge in [-0.25, -0.2) is 17.5 Å². The minimum Gasteiger partial charge on any atom is -0.319 e. The molecule has 0 unspecified atom stereocenters. The molecule has 2 aromatic carbocycles. The van der Waals surface area contributed by atoms with E-state index in [-0.39, 0.29) is 22.2 Å². The Kier molecular flexibility index (Phi) is 4.58. The quantitative estimate of drug-likeness (QED) is 0.851. The molecule has 5 nitrogen and oxygen atoms in total. The average molecular weight is 369 g/mol. The summed E-state index contributed by atoms with van der Waals surface area (Å²) in [5, 5.41) is 2.70. The highest BCUT2D eigenvalue weighted by Crippen LogP contribution is 2.23. The second kappa shape index (κ2) is 6.51. The minimum atomic E-state index is -3.57. The van der Waals surface area contributed by atoms with Gasteiger partial charge in [-0.1, -0.05) is 11.6 Å². The Labute approximate surface area is 143 Å². The lowest BCUT2D eigenvalue weighted by molar-refractivity contribution is 0.102.